The smallest absolute Gasteiger partial charge is 0.319 e. The standard InChI is InChI=1S/C27H23FN6O2S/c28-20-13-19(33-27(35)32-18-4-5-18)6-8-23(20)36-24-9-11-29-22-14-25(37-26(22)24)21-7-3-17(15-30-21)16-34-12-2-1-10-31-34/h1-3,6-15,18,31H,4-5,16H2,(H2,32,33,35). The van der Waals surface area contributed by atoms with E-state index >= 15 is 0 Å². The van der Waals surface area contributed by atoms with E-state index in [0.29, 0.717) is 18.0 Å². The van der Waals surface area contributed by atoms with Crippen LogP contribution in [0.25, 0.3) is 20.8 Å². The van der Waals surface area contributed by atoms with Gasteiger partial charge < -0.3 is 20.8 Å². The number of urea groups is 1. The van der Waals surface area contributed by atoms with Crippen LogP contribution in [0, 0.1) is 5.82 Å². The summed E-state index contributed by atoms with van der Waals surface area (Å²) in [5, 5.41) is 7.43. The Kier molecular flexibility index (Phi) is 6.15. The van der Waals surface area contributed by atoms with Gasteiger partial charge in [0.25, 0.3) is 0 Å². The third-order valence-electron chi connectivity index (χ3n) is 5.84. The highest BCUT2D eigenvalue weighted by Gasteiger charge is 2.23. The minimum absolute atomic E-state index is 0.0632. The fraction of sp³-hybridized carbons (Fsp3) is 0.148. The molecule has 4 heterocycles. The molecule has 0 spiro atoms. The molecule has 0 unspecified atom stereocenters. The molecule has 186 valence electrons. The van der Waals surface area contributed by atoms with E-state index in [0.717, 1.165) is 39.2 Å². The van der Waals surface area contributed by atoms with Crippen LogP contribution in [0.5, 0.6) is 11.5 Å². The van der Waals surface area contributed by atoms with Gasteiger partial charge in [0.05, 0.1) is 27.3 Å². The molecule has 0 bridgehead atoms. The third kappa shape index (κ3) is 5.39. The number of aromatic nitrogens is 2. The number of rotatable bonds is 7. The first-order valence-corrected chi connectivity index (χ1v) is 12.7. The summed E-state index contributed by atoms with van der Waals surface area (Å²) < 4.78 is 21.5. The van der Waals surface area contributed by atoms with E-state index in [4.69, 9.17) is 4.74 Å². The highest BCUT2D eigenvalue weighted by Crippen LogP contribution is 2.39. The normalized spacial score (nSPS) is 14.5. The molecular formula is C27H23FN6O2S. The molecular weight excluding hydrogens is 491 g/mol. The van der Waals surface area contributed by atoms with Crippen LogP contribution in [0.2, 0.25) is 0 Å². The van der Waals surface area contributed by atoms with E-state index in [1.165, 1.54) is 23.5 Å². The molecule has 6 rings (SSSR count). The molecule has 4 aromatic rings. The Labute approximate surface area is 216 Å². The fourth-order valence-corrected chi connectivity index (χ4v) is 4.87. The Morgan fingerprint density at radius 2 is 2.05 bits per heavy atom. The van der Waals surface area contributed by atoms with Crippen molar-refractivity contribution in [2.24, 2.45) is 0 Å². The summed E-state index contributed by atoms with van der Waals surface area (Å²) in [5.74, 6) is -0.00924. The number of hydrogen-bond acceptors (Lipinski definition) is 7. The Bertz CT molecular complexity index is 1510. The summed E-state index contributed by atoms with van der Waals surface area (Å²) in [6.45, 7) is 0.686. The van der Waals surface area contributed by atoms with Crippen molar-refractivity contribution in [3.05, 3.63) is 90.8 Å². The predicted molar refractivity (Wildman–Crippen MR) is 141 cm³/mol. The number of hydrogen-bond donors (Lipinski definition) is 3. The van der Waals surface area contributed by atoms with E-state index in [2.05, 4.69) is 26.0 Å². The SMILES string of the molecule is O=C(Nc1ccc(Oc2ccnc3cc(-c4ccc(CN5C=CC=CN5)cn4)sc23)c(F)c1)NC1CC1. The second-order valence-corrected chi connectivity index (χ2v) is 9.82. The van der Waals surface area contributed by atoms with Crippen LogP contribution < -0.4 is 20.8 Å². The first kappa shape index (κ1) is 23.0. The van der Waals surface area contributed by atoms with Gasteiger partial charge in [-0.05, 0) is 54.8 Å². The summed E-state index contributed by atoms with van der Waals surface area (Å²) in [6, 6.07) is 11.9. The van der Waals surface area contributed by atoms with Gasteiger partial charge in [0.1, 0.15) is 5.75 Å². The van der Waals surface area contributed by atoms with Crippen molar-refractivity contribution in [1.29, 1.82) is 0 Å². The number of carbonyl (C=O) groups is 1. The lowest BCUT2D eigenvalue weighted by molar-refractivity contribution is 0.251. The molecule has 2 amide bonds. The molecule has 2 aliphatic rings. The number of benzene rings is 1. The predicted octanol–water partition coefficient (Wildman–Crippen LogP) is 5.92. The molecule has 3 N–H and O–H groups in total. The molecule has 1 saturated carbocycles. The number of fused-ring (bicyclic) bond motifs is 1. The lowest BCUT2D eigenvalue weighted by Gasteiger charge is -2.21. The van der Waals surface area contributed by atoms with E-state index in [1.807, 2.05) is 54.0 Å². The zero-order valence-corrected chi connectivity index (χ0v) is 20.5. The van der Waals surface area contributed by atoms with Gasteiger partial charge in [-0.15, -0.1) is 11.3 Å². The summed E-state index contributed by atoms with van der Waals surface area (Å²) in [4.78, 5) is 21.9. The second kappa shape index (κ2) is 9.90. The van der Waals surface area contributed by atoms with E-state index in [1.54, 1.807) is 18.3 Å². The quantitative estimate of drug-likeness (QED) is 0.284. The maximum Gasteiger partial charge on any atom is 0.319 e. The molecule has 0 radical (unpaired) electrons. The fourth-order valence-electron chi connectivity index (χ4n) is 3.83. The van der Waals surface area contributed by atoms with Gasteiger partial charge in [-0.2, -0.15) is 0 Å². The zero-order valence-electron chi connectivity index (χ0n) is 19.6. The number of pyridine rings is 2. The molecule has 1 fully saturated rings. The van der Waals surface area contributed by atoms with Crippen molar-refractivity contribution in [2.45, 2.75) is 25.4 Å². The maximum absolute atomic E-state index is 14.8. The largest absolute Gasteiger partial charge is 0.453 e. The minimum Gasteiger partial charge on any atom is -0.453 e. The number of nitrogens with zero attached hydrogens (tertiary/aromatic N) is 3. The minimum atomic E-state index is -0.572. The molecule has 1 aromatic carbocycles. The molecule has 3 aromatic heterocycles. The summed E-state index contributed by atoms with van der Waals surface area (Å²) in [6.07, 6.45) is 13.2. The molecule has 0 saturated heterocycles. The van der Waals surface area contributed by atoms with Gasteiger partial charge >= 0.3 is 6.03 Å². The molecule has 0 atom stereocenters. The monoisotopic (exact) mass is 514 g/mol. The van der Waals surface area contributed by atoms with Crippen LogP contribution in [0.4, 0.5) is 14.9 Å². The average Bonchev–Trinajstić information content (AvgIpc) is 3.60. The third-order valence-corrected chi connectivity index (χ3v) is 7.00. The number of ether oxygens (including phenoxy) is 1. The number of halogens is 1. The first-order valence-electron chi connectivity index (χ1n) is 11.9. The highest BCUT2D eigenvalue weighted by molar-refractivity contribution is 7.22. The lowest BCUT2D eigenvalue weighted by atomic mass is 10.2. The van der Waals surface area contributed by atoms with Gasteiger partial charge in [0.2, 0.25) is 0 Å². The molecule has 1 aliphatic heterocycles. The number of amides is 2. The van der Waals surface area contributed by atoms with Crippen molar-refractivity contribution >= 4 is 33.3 Å². The topological polar surface area (TPSA) is 91.4 Å². The van der Waals surface area contributed by atoms with E-state index < -0.39 is 5.82 Å². The Morgan fingerprint density at radius 1 is 1.14 bits per heavy atom. The van der Waals surface area contributed by atoms with E-state index in [9.17, 15) is 9.18 Å². The van der Waals surface area contributed by atoms with Crippen molar-refractivity contribution < 1.29 is 13.9 Å². The van der Waals surface area contributed by atoms with Crippen LogP contribution in [-0.4, -0.2) is 27.0 Å². The van der Waals surface area contributed by atoms with Gasteiger partial charge in [-0.25, -0.2) is 9.18 Å². The Morgan fingerprint density at radius 3 is 2.81 bits per heavy atom. The number of carbonyl (C=O) groups excluding carboxylic acids is 1. The zero-order chi connectivity index (χ0) is 25.2. The van der Waals surface area contributed by atoms with Crippen molar-refractivity contribution in [2.75, 3.05) is 5.32 Å². The number of allylic oxidation sites excluding steroid dienone is 2. The Hall–Kier alpha value is -4.44. The lowest BCUT2D eigenvalue weighted by Crippen LogP contribution is -2.30. The van der Waals surface area contributed by atoms with Gasteiger partial charge in [0.15, 0.2) is 11.6 Å². The van der Waals surface area contributed by atoms with Gasteiger partial charge in [-0.1, -0.05) is 6.07 Å². The molecule has 10 heteroatoms. The van der Waals surface area contributed by atoms with Crippen molar-refractivity contribution in [3.63, 3.8) is 0 Å². The average molecular weight is 515 g/mol. The van der Waals surface area contributed by atoms with Gasteiger partial charge in [-0.3, -0.25) is 15.0 Å². The number of nitrogens with one attached hydrogen (secondary N) is 3. The number of thiophene rings is 1. The van der Waals surface area contributed by atoms with Crippen LogP contribution in [0.15, 0.2) is 79.4 Å². The first-order chi connectivity index (χ1) is 18.1. The second-order valence-electron chi connectivity index (χ2n) is 8.76. The summed E-state index contributed by atoms with van der Waals surface area (Å²) >= 11 is 1.49. The molecule has 8 nitrogen and oxygen atoms in total. The van der Waals surface area contributed by atoms with E-state index in [-0.39, 0.29) is 17.8 Å². The molecule has 37 heavy (non-hydrogen) atoms. The number of hydrazine groups is 1. The Balaban J connectivity index is 1.18. The van der Waals surface area contributed by atoms with Crippen molar-refractivity contribution in [3.8, 4) is 22.1 Å². The van der Waals surface area contributed by atoms with Crippen LogP contribution in [0.3, 0.4) is 0 Å². The van der Waals surface area contributed by atoms with Crippen LogP contribution in [0.1, 0.15) is 18.4 Å². The summed E-state index contributed by atoms with van der Waals surface area (Å²) in [5.41, 5.74) is 6.15. The van der Waals surface area contributed by atoms with Gasteiger partial charge in [0, 0.05) is 48.7 Å². The summed E-state index contributed by atoms with van der Waals surface area (Å²) in [7, 11) is 0. The highest BCUT2D eigenvalue weighted by atomic mass is 32.1. The maximum atomic E-state index is 14.8. The van der Waals surface area contributed by atoms with Crippen LogP contribution >= 0.6 is 11.3 Å². The van der Waals surface area contributed by atoms with Crippen LogP contribution in [-0.2, 0) is 6.54 Å². The van der Waals surface area contributed by atoms with Crippen molar-refractivity contribution in [1.82, 2.24) is 25.7 Å². The molecule has 1 aliphatic carbocycles. The number of anilines is 1.